The fraction of sp³-hybridized carbons (Fsp3) is 0.231. The first kappa shape index (κ1) is 10.4. The standard InChI is InChI=1S/C13H15NS/c1-10(14)8-11-2-4-12(5-3-11)13-6-7-15-9-13/h2-7,9-10H,8,14H2,1H3. The zero-order chi connectivity index (χ0) is 10.7. The monoisotopic (exact) mass is 217 g/mol. The third-order valence-corrected chi connectivity index (χ3v) is 3.05. The van der Waals surface area contributed by atoms with Crippen molar-refractivity contribution < 1.29 is 0 Å². The van der Waals surface area contributed by atoms with Crippen LogP contribution in [-0.2, 0) is 6.42 Å². The lowest BCUT2D eigenvalue weighted by Gasteiger charge is -2.05. The Bertz CT molecular complexity index is 401. The van der Waals surface area contributed by atoms with Crippen molar-refractivity contribution in [3.8, 4) is 11.1 Å². The molecule has 0 aliphatic carbocycles. The van der Waals surface area contributed by atoms with Gasteiger partial charge in [-0.3, -0.25) is 0 Å². The zero-order valence-electron chi connectivity index (χ0n) is 8.81. The van der Waals surface area contributed by atoms with E-state index in [0.29, 0.717) is 0 Å². The van der Waals surface area contributed by atoms with Gasteiger partial charge in [-0.1, -0.05) is 24.3 Å². The molecule has 1 nitrogen and oxygen atoms in total. The molecule has 0 spiro atoms. The van der Waals surface area contributed by atoms with Crippen molar-refractivity contribution in [1.82, 2.24) is 0 Å². The highest BCUT2D eigenvalue weighted by Gasteiger charge is 2.00. The van der Waals surface area contributed by atoms with Crippen LogP contribution in [-0.4, -0.2) is 6.04 Å². The van der Waals surface area contributed by atoms with E-state index in [1.165, 1.54) is 16.7 Å². The molecule has 1 aromatic heterocycles. The normalized spacial score (nSPS) is 12.7. The van der Waals surface area contributed by atoms with E-state index in [1.54, 1.807) is 11.3 Å². The summed E-state index contributed by atoms with van der Waals surface area (Å²) in [5, 5.41) is 4.27. The molecule has 2 heteroatoms. The molecular weight excluding hydrogens is 202 g/mol. The first-order valence-electron chi connectivity index (χ1n) is 5.13. The summed E-state index contributed by atoms with van der Waals surface area (Å²) in [6, 6.07) is 11.0. The number of hydrogen-bond acceptors (Lipinski definition) is 2. The molecule has 2 rings (SSSR count). The van der Waals surface area contributed by atoms with Crippen molar-refractivity contribution >= 4 is 11.3 Å². The van der Waals surface area contributed by atoms with Gasteiger partial charge in [0.25, 0.3) is 0 Å². The molecule has 0 amide bonds. The van der Waals surface area contributed by atoms with E-state index < -0.39 is 0 Å². The van der Waals surface area contributed by atoms with E-state index in [0.717, 1.165) is 6.42 Å². The minimum Gasteiger partial charge on any atom is -0.328 e. The lowest BCUT2D eigenvalue weighted by atomic mass is 10.0. The fourth-order valence-electron chi connectivity index (χ4n) is 1.63. The van der Waals surface area contributed by atoms with Gasteiger partial charge in [-0.15, -0.1) is 0 Å². The van der Waals surface area contributed by atoms with Gasteiger partial charge < -0.3 is 5.73 Å². The maximum Gasteiger partial charge on any atom is 0.00509 e. The number of nitrogens with two attached hydrogens (primary N) is 1. The van der Waals surface area contributed by atoms with Crippen molar-refractivity contribution in [2.45, 2.75) is 19.4 Å². The quantitative estimate of drug-likeness (QED) is 0.838. The van der Waals surface area contributed by atoms with Crippen molar-refractivity contribution in [1.29, 1.82) is 0 Å². The molecule has 0 aliphatic rings. The maximum absolute atomic E-state index is 5.76. The fourth-order valence-corrected chi connectivity index (χ4v) is 2.30. The van der Waals surface area contributed by atoms with Crippen molar-refractivity contribution in [2.24, 2.45) is 5.73 Å². The molecule has 0 saturated carbocycles. The Morgan fingerprint density at radius 1 is 1.13 bits per heavy atom. The van der Waals surface area contributed by atoms with Gasteiger partial charge in [0.15, 0.2) is 0 Å². The van der Waals surface area contributed by atoms with Crippen molar-refractivity contribution in [3.63, 3.8) is 0 Å². The molecule has 1 atom stereocenters. The second kappa shape index (κ2) is 4.60. The van der Waals surface area contributed by atoms with E-state index in [2.05, 4.69) is 41.1 Å². The molecule has 1 heterocycles. The lowest BCUT2D eigenvalue weighted by molar-refractivity contribution is 0.738. The molecule has 0 radical (unpaired) electrons. The largest absolute Gasteiger partial charge is 0.328 e. The Labute approximate surface area is 94.6 Å². The van der Waals surface area contributed by atoms with E-state index in [-0.39, 0.29) is 6.04 Å². The molecule has 0 bridgehead atoms. The first-order valence-corrected chi connectivity index (χ1v) is 6.07. The molecule has 0 saturated heterocycles. The average molecular weight is 217 g/mol. The molecule has 1 unspecified atom stereocenters. The number of thiophene rings is 1. The Hall–Kier alpha value is -1.12. The molecule has 15 heavy (non-hydrogen) atoms. The van der Waals surface area contributed by atoms with E-state index >= 15 is 0 Å². The van der Waals surface area contributed by atoms with Crippen LogP contribution < -0.4 is 5.73 Å². The predicted octanol–water partition coefficient (Wildman–Crippen LogP) is 3.30. The second-order valence-corrected chi connectivity index (χ2v) is 4.67. The van der Waals surface area contributed by atoms with Crippen molar-refractivity contribution in [2.75, 3.05) is 0 Å². The summed E-state index contributed by atoms with van der Waals surface area (Å²) in [6.07, 6.45) is 0.948. The minimum atomic E-state index is 0.233. The Morgan fingerprint density at radius 2 is 1.87 bits per heavy atom. The summed E-state index contributed by atoms with van der Waals surface area (Å²) in [5.74, 6) is 0. The highest BCUT2D eigenvalue weighted by molar-refractivity contribution is 7.08. The van der Waals surface area contributed by atoms with E-state index in [9.17, 15) is 0 Å². The second-order valence-electron chi connectivity index (χ2n) is 3.89. The Kier molecular flexibility index (Phi) is 3.19. The summed E-state index contributed by atoms with van der Waals surface area (Å²) < 4.78 is 0. The topological polar surface area (TPSA) is 26.0 Å². The Morgan fingerprint density at radius 3 is 2.40 bits per heavy atom. The highest BCUT2D eigenvalue weighted by atomic mass is 32.1. The maximum atomic E-state index is 5.76. The van der Waals surface area contributed by atoms with Crippen LogP contribution in [0.3, 0.4) is 0 Å². The number of benzene rings is 1. The summed E-state index contributed by atoms with van der Waals surface area (Å²) in [4.78, 5) is 0. The number of rotatable bonds is 3. The van der Waals surface area contributed by atoms with Gasteiger partial charge in [-0.25, -0.2) is 0 Å². The Balaban J connectivity index is 2.17. The van der Waals surface area contributed by atoms with Gasteiger partial charge in [0.05, 0.1) is 0 Å². The van der Waals surface area contributed by atoms with Crippen LogP contribution in [0.2, 0.25) is 0 Å². The van der Waals surface area contributed by atoms with Gasteiger partial charge in [-0.2, -0.15) is 11.3 Å². The molecule has 2 N–H and O–H groups in total. The van der Waals surface area contributed by atoms with Crippen LogP contribution in [0, 0.1) is 0 Å². The van der Waals surface area contributed by atoms with Gasteiger partial charge >= 0.3 is 0 Å². The smallest absolute Gasteiger partial charge is 0.00509 e. The average Bonchev–Trinajstić information content (AvgIpc) is 2.71. The molecular formula is C13H15NS. The van der Waals surface area contributed by atoms with Gasteiger partial charge in [0.1, 0.15) is 0 Å². The molecule has 78 valence electrons. The lowest BCUT2D eigenvalue weighted by Crippen LogP contribution is -2.17. The predicted molar refractivity (Wildman–Crippen MR) is 67.1 cm³/mol. The van der Waals surface area contributed by atoms with Crippen LogP contribution >= 0.6 is 11.3 Å². The molecule has 2 aromatic rings. The van der Waals surface area contributed by atoms with Gasteiger partial charge in [0, 0.05) is 6.04 Å². The molecule has 0 fully saturated rings. The number of hydrogen-bond donors (Lipinski definition) is 1. The first-order chi connectivity index (χ1) is 7.25. The summed E-state index contributed by atoms with van der Waals surface area (Å²) in [6.45, 7) is 2.03. The third kappa shape index (κ3) is 2.67. The summed E-state index contributed by atoms with van der Waals surface area (Å²) in [5.41, 5.74) is 9.65. The summed E-state index contributed by atoms with van der Waals surface area (Å²) in [7, 11) is 0. The van der Waals surface area contributed by atoms with Gasteiger partial charge in [0.2, 0.25) is 0 Å². The van der Waals surface area contributed by atoms with Crippen LogP contribution in [0.25, 0.3) is 11.1 Å². The van der Waals surface area contributed by atoms with Crippen LogP contribution in [0.1, 0.15) is 12.5 Å². The van der Waals surface area contributed by atoms with Crippen molar-refractivity contribution in [3.05, 3.63) is 46.7 Å². The van der Waals surface area contributed by atoms with E-state index in [1.807, 2.05) is 6.92 Å². The minimum absolute atomic E-state index is 0.233. The molecule has 0 aliphatic heterocycles. The van der Waals surface area contributed by atoms with Gasteiger partial charge in [-0.05, 0) is 46.9 Å². The highest BCUT2D eigenvalue weighted by Crippen LogP contribution is 2.22. The van der Waals surface area contributed by atoms with Crippen LogP contribution in [0.4, 0.5) is 0 Å². The summed E-state index contributed by atoms with van der Waals surface area (Å²) >= 11 is 1.73. The molecule has 1 aromatic carbocycles. The zero-order valence-corrected chi connectivity index (χ0v) is 9.63. The van der Waals surface area contributed by atoms with Crippen LogP contribution in [0.5, 0.6) is 0 Å². The van der Waals surface area contributed by atoms with Crippen LogP contribution in [0.15, 0.2) is 41.1 Å². The van der Waals surface area contributed by atoms with E-state index in [4.69, 9.17) is 5.73 Å². The third-order valence-electron chi connectivity index (χ3n) is 2.37. The SMILES string of the molecule is CC(N)Cc1ccc(-c2ccsc2)cc1.